The lowest BCUT2D eigenvalue weighted by Crippen LogP contribution is -2.32. The van der Waals surface area contributed by atoms with E-state index in [1.165, 1.54) is 0 Å². The van der Waals surface area contributed by atoms with Crippen molar-refractivity contribution in [2.45, 2.75) is 28.9 Å². The van der Waals surface area contributed by atoms with E-state index in [2.05, 4.69) is 29.1 Å². The summed E-state index contributed by atoms with van der Waals surface area (Å²) < 4.78 is 0.342. The second-order valence-electron chi connectivity index (χ2n) is 5.49. The van der Waals surface area contributed by atoms with Crippen LogP contribution >= 0.6 is 27.7 Å². The summed E-state index contributed by atoms with van der Waals surface area (Å²) in [5, 5.41) is 0. The quantitative estimate of drug-likeness (QED) is 0.350. The summed E-state index contributed by atoms with van der Waals surface area (Å²) in [5.41, 5.74) is 1.01. The Kier molecular flexibility index (Phi) is 7.07. The largest absolute Gasteiger partial charge is 0.298 e. The first-order valence-corrected chi connectivity index (χ1v) is 9.48. The molecule has 0 bridgehead atoms. The molecule has 2 rings (SSSR count). The number of hydrogen-bond donors (Lipinski definition) is 0. The molecule has 24 heavy (non-hydrogen) atoms. The van der Waals surface area contributed by atoms with E-state index in [-0.39, 0.29) is 5.78 Å². The first-order chi connectivity index (χ1) is 11.6. The minimum atomic E-state index is -0.660. The molecule has 0 aromatic heterocycles. The van der Waals surface area contributed by atoms with Crippen molar-refractivity contribution in [2.24, 2.45) is 0 Å². The number of thioether (sulfide) groups is 1. The molecule has 2 aromatic rings. The molecule has 0 radical (unpaired) electrons. The summed E-state index contributed by atoms with van der Waals surface area (Å²) in [6, 6.07) is 18.1. The number of carbonyl (C=O) groups is 1. The van der Waals surface area contributed by atoms with Gasteiger partial charge in [-0.25, -0.2) is 0 Å². The van der Waals surface area contributed by atoms with Gasteiger partial charge in [-0.05, 0) is 42.7 Å². The van der Waals surface area contributed by atoms with Gasteiger partial charge in [-0.3, -0.25) is 4.79 Å². The van der Waals surface area contributed by atoms with Crippen LogP contribution in [0.1, 0.15) is 24.8 Å². The number of allylic oxidation sites excluding steroid dienone is 2. The Morgan fingerprint density at radius 3 is 2.29 bits per heavy atom. The normalized spacial score (nSPS) is 13.0. The number of rotatable bonds is 9. The molecule has 0 saturated heterocycles. The fourth-order valence-corrected chi connectivity index (χ4v) is 4.23. The summed E-state index contributed by atoms with van der Waals surface area (Å²) >= 11 is 5.08. The van der Waals surface area contributed by atoms with Crippen LogP contribution in [0.15, 0.2) is 89.3 Å². The zero-order valence-corrected chi connectivity index (χ0v) is 16.0. The standard InChI is InChI=1S/C21H21BrOS/c1-3-5-11-20(23)21(16-4-2,17-12-14-18(22)15-13-17)24-19-9-7-6-8-10-19/h3-4,6-10,12-15H,1-2,5,11,16H2. The Bertz CT molecular complexity index is 694. The summed E-state index contributed by atoms with van der Waals surface area (Å²) in [6.45, 7) is 7.64. The number of carbonyl (C=O) groups excluding carboxylic acids is 1. The van der Waals surface area contributed by atoms with Gasteiger partial charge in [0.25, 0.3) is 0 Å². The maximum absolute atomic E-state index is 13.2. The molecule has 0 spiro atoms. The van der Waals surface area contributed by atoms with E-state index in [1.54, 1.807) is 17.8 Å². The monoisotopic (exact) mass is 400 g/mol. The van der Waals surface area contributed by atoms with Gasteiger partial charge in [0.05, 0.1) is 0 Å². The maximum atomic E-state index is 13.2. The van der Waals surface area contributed by atoms with Crippen molar-refractivity contribution in [1.29, 1.82) is 0 Å². The first kappa shape index (κ1) is 18.8. The lowest BCUT2D eigenvalue weighted by Gasteiger charge is -2.32. The molecule has 0 N–H and O–H groups in total. The van der Waals surface area contributed by atoms with Crippen molar-refractivity contribution in [1.82, 2.24) is 0 Å². The zero-order valence-electron chi connectivity index (χ0n) is 13.6. The Balaban J connectivity index is 2.50. The molecule has 1 nitrogen and oxygen atoms in total. The molecule has 2 aromatic carbocycles. The number of Topliss-reactive ketones (excluding diaryl/α,β-unsaturated/α-hetero) is 1. The highest BCUT2D eigenvalue weighted by atomic mass is 79.9. The molecule has 3 heteroatoms. The molecular formula is C21H21BrOS. The van der Waals surface area contributed by atoms with E-state index >= 15 is 0 Å². The van der Waals surface area contributed by atoms with Gasteiger partial charge in [0, 0.05) is 15.8 Å². The van der Waals surface area contributed by atoms with Crippen LogP contribution in [-0.2, 0) is 9.54 Å². The van der Waals surface area contributed by atoms with Crippen LogP contribution in [0.3, 0.4) is 0 Å². The second kappa shape index (κ2) is 9.05. The van der Waals surface area contributed by atoms with Crippen LogP contribution in [-0.4, -0.2) is 5.78 Å². The number of ketones is 1. The summed E-state index contributed by atoms with van der Waals surface area (Å²) in [7, 11) is 0. The van der Waals surface area contributed by atoms with Gasteiger partial charge < -0.3 is 0 Å². The van der Waals surface area contributed by atoms with Crippen molar-refractivity contribution in [2.75, 3.05) is 0 Å². The van der Waals surface area contributed by atoms with Crippen molar-refractivity contribution in [3.05, 3.63) is 89.9 Å². The topological polar surface area (TPSA) is 17.1 Å². The van der Waals surface area contributed by atoms with E-state index < -0.39 is 4.75 Å². The average Bonchev–Trinajstić information content (AvgIpc) is 2.60. The molecule has 0 aliphatic carbocycles. The highest BCUT2D eigenvalue weighted by Crippen LogP contribution is 2.46. The highest BCUT2D eigenvalue weighted by Gasteiger charge is 2.39. The first-order valence-electron chi connectivity index (χ1n) is 7.87. The fourth-order valence-electron chi connectivity index (χ4n) is 2.60. The number of halogens is 1. The van der Waals surface area contributed by atoms with Crippen LogP contribution in [0.2, 0.25) is 0 Å². The second-order valence-corrected chi connectivity index (χ2v) is 7.78. The molecule has 124 valence electrons. The smallest absolute Gasteiger partial charge is 0.154 e. The van der Waals surface area contributed by atoms with E-state index in [4.69, 9.17) is 0 Å². The van der Waals surface area contributed by atoms with E-state index in [1.807, 2.05) is 60.7 Å². The third-order valence-electron chi connectivity index (χ3n) is 3.80. The van der Waals surface area contributed by atoms with Crippen LogP contribution in [0.25, 0.3) is 0 Å². The molecule has 0 saturated carbocycles. The SMILES string of the molecule is C=CCCC(=O)C(CC=C)(Sc1ccccc1)c1ccc(Br)cc1. The van der Waals surface area contributed by atoms with Crippen LogP contribution in [0.5, 0.6) is 0 Å². The summed E-state index contributed by atoms with van der Waals surface area (Å²) in [4.78, 5) is 14.3. The molecular weight excluding hydrogens is 380 g/mol. The third-order valence-corrected chi connectivity index (χ3v) is 5.82. The van der Waals surface area contributed by atoms with Crippen LogP contribution < -0.4 is 0 Å². The van der Waals surface area contributed by atoms with E-state index in [0.29, 0.717) is 19.3 Å². The predicted octanol–water partition coefficient (Wildman–Crippen LogP) is 6.55. The highest BCUT2D eigenvalue weighted by molar-refractivity contribution is 9.10. The Morgan fingerprint density at radius 1 is 1.04 bits per heavy atom. The molecule has 0 fully saturated rings. The molecule has 0 aliphatic rings. The zero-order chi connectivity index (χ0) is 17.4. The molecule has 0 heterocycles. The van der Waals surface area contributed by atoms with Gasteiger partial charge in [0.15, 0.2) is 5.78 Å². The van der Waals surface area contributed by atoms with E-state index in [9.17, 15) is 4.79 Å². The minimum Gasteiger partial charge on any atom is -0.298 e. The predicted molar refractivity (Wildman–Crippen MR) is 107 cm³/mol. The maximum Gasteiger partial charge on any atom is 0.154 e. The van der Waals surface area contributed by atoms with Crippen LogP contribution in [0, 0.1) is 0 Å². The Hall–Kier alpha value is -1.58. The van der Waals surface area contributed by atoms with Gasteiger partial charge in [0.1, 0.15) is 4.75 Å². The van der Waals surface area contributed by atoms with Crippen molar-refractivity contribution in [3.63, 3.8) is 0 Å². The van der Waals surface area contributed by atoms with Gasteiger partial charge in [-0.1, -0.05) is 58.4 Å². The van der Waals surface area contributed by atoms with Crippen LogP contribution in [0.4, 0.5) is 0 Å². The third kappa shape index (κ3) is 4.49. The molecule has 1 atom stereocenters. The van der Waals surface area contributed by atoms with Gasteiger partial charge in [0.2, 0.25) is 0 Å². The van der Waals surface area contributed by atoms with Crippen molar-refractivity contribution >= 4 is 33.5 Å². The number of hydrogen-bond acceptors (Lipinski definition) is 2. The fraction of sp³-hybridized carbons (Fsp3) is 0.190. The average molecular weight is 401 g/mol. The molecule has 1 unspecified atom stereocenters. The lowest BCUT2D eigenvalue weighted by molar-refractivity contribution is -0.121. The minimum absolute atomic E-state index is 0.207. The molecule has 0 aliphatic heterocycles. The summed E-state index contributed by atoms with van der Waals surface area (Å²) in [5.74, 6) is 0.207. The Labute approximate surface area is 157 Å². The molecule has 0 amide bonds. The van der Waals surface area contributed by atoms with E-state index in [0.717, 1.165) is 14.9 Å². The number of benzene rings is 2. The lowest BCUT2D eigenvalue weighted by atomic mass is 9.88. The summed E-state index contributed by atoms with van der Waals surface area (Å²) in [6.07, 6.45) is 5.39. The Morgan fingerprint density at radius 2 is 1.71 bits per heavy atom. The van der Waals surface area contributed by atoms with Gasteiger partial charge >= 0.3 is 0 Å². The van der Waals surface area contributed by atoms with Gasteiger partial charge in [-0.15, -0.1) is 24.9 Å². The van der Waals surface area contributed by atoms with Crippen molar-refractivity contribution < 1.29 is 4.79 Å². The van der Waals surface area contributed by atoms with Gasteiger partial charge in [-0.2, -0.15) is 0 Å². The van der Waals surface area contributed by atoms with Crippen molar-refractivity contribution in [3.8, 4) is 0 Å².